The second-order valence-electron chi connectivity index (χ2n) is 4.89. The number of benzene rings is 2. The summed E-state index contributed by atoms with van der Waals surface area (Å²) in [6.45, 7) is 3.10. The SMILES string of the molecule is CC(=O)N(O)C(C)c1ccc2c(c1)oc1ccccc12.N. The van der Waals surface area contributed by atoms with Crippen LogP contribution in [0.15, 0.2) is 46.9 Å². The van der Waals surface area contributed by atoms with Gasteiger partial charge in [-0.15, -0.1) is 0 Å². The molecule has 5 heteroatoms. The van der Waals surface area contributed by atoms with E-state index in [1.165, 1.54) is 6.92 Å². The van der Waals surface area contributed by atoms with Crippen molar-refractivity contribution in [3.8, 4) is 0 Å². The average molecular weight is 286 g/mol. The number of rotatable bonds is 2. The lowest BCUT2D eigenvalue weighted by Crippen LogP contribution is -2.27. The number of amides is 1. The van der Waals surface area contributed by atoms with Crippen molar-refractivity contribution in [2.24, 2.45) is 0 Å². The van der Waals surface area contributed by atoms with Crippen molar-refractivity contribution < 1.29 is 14.4 Å². The fourth-order valence-electron chi connectivity index (χ4n) is 2.42. The quantitative estimate of drug-likeness (QED) is 0.549. The Hall–Kier alpha value is -2.37. The number of hydrogen-bond donors (Lipinski definition) is 2. The van der Waals surface area contributed by atoms with E-state index in [2.05, 4.69) is 0 Å². The van der Waals surface area contributed by atoms with Crippen LogP contribution in [0.2, 0.25) is 0 Å². The van der Waals surface area contributed by atoms with Crippen LogP contribution in [0.5, 0.6) is 0 Å². The van der Waals surface area contributed by atoms with Gasteiger partial charge in [-0.05, 0) is 24.6 Å². The van der Waals surface area contributed by atoms with Gasteiger partial charge in [0.05, 0.1) is 6.04 Å². The lowest BCUT2D eigenvalue weighted by Gasteiger charge is -2.21. The molecule has 0 saturated carbocycles. The van der Waals surface area contributed by atoms with E-state index in [0.717, 1.165) is 32.6 Å². The fourth-order valence-corrected chi connectivity index (χ4v) is 2.42. The molecular formula is C16H18N2O3. The lowest BCUT2D eigenvalue weighted by molar-refractivity contribution is -0.172. The Morgan fingerprint density at radius 1 is 1.14 bits per heavy atom. The summed E-state index contributed by atoms with van der Waals surface area (Å²) in [6, 6.07) is 13.2. The summed E-state index contributed by atoms with van der Waals surface area (Å²) in [5.74, 6) is -0.387. The van der Waals surface area contributed by atoms with Gasteiger partial charge in [0.15, 0.2) is 0 Å². The Morgan fingerprint density at radius 2 is 1.81 bits per heavy atom. The molecule has 0 radical (unpaired) electrons. The molecule has 0 spiro atoms. The van der Waals surface area contributed by atoms with Crippen LogP contribution < -0.4 is 6.15 Å². The van der Waals surface area contributed by atoms with Gasteiger partial charge in [0.1, 0.15) is 11.2 Å². The smallest absolute Gasteiger partial charge is 0.243 e. The standard InChI is InChI=1S/C16H15NO3.H3N/c1-10(17(19)11(2)18)12-7-8-14-13-5-3-4-6-15(13)20-16(14)9-12;/h3-10,19H,1-2H3;1H3. The van der Waals surface area contributed by atoms with Gasteiger partial charge in [-0.2, -0.15) is 0 Å². The number of hydrogen-bond acceptors (Lipinski definition) is 4. The molecule has 0 fully saturated rings. The maximum atomic E-state index is 11.2. The Labute approximate surface area is 122 Å². The van der Waals surface area contributed by atoms with Gasteiger partial charge in [0, 0.05) is 17.7 Å². The fraction of sp³-hybridized carbons (Fsp3) is 0.188. The summed E-state index contributed by atoms with van der Waals surface area (Å²) in [5, 5.41) is 12.5. The molecule has 2 aromatic carbocycles. The molecule has 3 rings (SSSR count). The number of furan rings is 1. The Bertz CT molecular complexity index is 794. The van der Waals surface area contributed by atoms with Crippen LogP contribution in [0.1, 0.15) is 25.5 Å². The van der Waals surface area contributed by atoms with Crippen molar-refractivity contribution in [2.45, 2.75) is 19.9 Å². The molecule has 0 saturated heterocycles. The first-order valence-corrected chi connectivity index (χ1v) is 6.48. The molecule has 0 aliphatic heterocycles. The van der Waals surface area contributed by atoms with E-state index in [1.807, 2.05) is 42.5 Å². The van der Waals surface area contributed by atoms with Gasteiger partial charge in [-0.25, -0.2) is 5.06 Å². The van der Waals surface area contributed by atoms with E-state index in [9.17, 15) is 10.0 Å². The van der Waals surface area contributed by atoms with Crippen LogP contribution in [0.4, 0.5) is 0 Å². The second-order valence-corrected chi connectivity index (χ2v) is 4.89. The number of nitrogens with zero attached hydrogens (tertiary/aromatic N) is 1. The Kier molecular flexibility index (Phi) is 3.97. The number of carbonyl (C=O) groups excluding carboxylic acids is 1. The molecule has 1 unspecified atom stereocenters. The first kappa shape index (κ1) is 15.0. The van der Waals surface area contributed by atoms with Crippen LogP contribution >= 0.6 is 0 Å². The molecular weight excluding hydrogens is 268 g/mol. The summed E-state index contributed by atoms with van der Waals surface area (Å²) in [6.07, 6.45) is 0. The summed E-state index contributed by atoms with van der Waals surface area (Å²) >= 11 is 0. The minimum Gasteiger partial charge on any atom is -0.456 e. The largest absolute Gasteiger partial charge is 0.456 e. The molecule has 5 nitrogen and oxygen atoms in total. The van der Waals surface area contributed by atoms with Gasteiger partial charge in [-0.3, -0.25) is 10.0 Å². The van der Waals surface area contributed by atoms with Crippen molar-refractivity contribution in [2.75, 3.05) is 0 Å². The first-order chi connectivity index (χ1) is 9.58. The molecule has 1 amide bonds. The molecule has 1 heterocycles. The third-order valence-corrected chi connectivity index (χ3v) is 3.57. The van der Waals surface area contributed by atoms with Crippen LogP contribution in [-0.4, -0.2) is 16.2 Å². The highest BCUT2D eigenvalue weighted by Crippen LogP contribution is 2.31. The van der Waals surface area contributed by atoms with E-state index < -0.39 is 6.04 Å². The van der Waals surface area contributed by atoms with E-state index in [1.54, 1.807) is 6.92 Å². The molecule has 21 heavy (non-hydrogen) atoms. The summed E-state index contributed by atoms with van der Waals surface area (Å²) in [5.41, 5.74) is 2.42. The predicted molar refractivity (Wildman–Crippen MR) is 81.5 cm³/mol. The molecule has 110 valence electrons. The summed E-state index contributed by atoms with van der Waals surface area (Å²) in [7, 11) is 0. The summed E-state index contributed by atoms with van der Waals surface area (Å²) in [4.78, 5) is 11.2. The van der Waals surface area contributed by atoms with Gasteiger partial charge in [-0.1, -0.05) is 30.3 Å². The van der Waals surface area contributed by atoms with Crippen molar-refractivity contribution in [1.29, 1.82) is 0 Å². The van der Waals surface area contributed by atoms with Crippen molar-refractivity contribution in [3.63, 3.8) is 0 Å². The highest BCUT2D eigenvalue weighted by Gasteiger charge is 2.17. The zero-order valence-electron chi connectivity index (χ0n) is 12.0. The van der Waals surface area contributed by atoms with Crippen LogP contribution in [-0.2, 0) is 4.79 Å². The van der Waals surface area contributed by atoms with Crippen molar-refractivity contribution in [3.05, 3.63) is 48.0 Å². The normalized spacial score (nSPS) is 12.1. The minimum atomic E-state index is -0.412. The molecule has 4 N–H and O–H groups in total. The van der Waals surface area contributed by atoms with Crippen LogP contribution in [0.25, 0.3) is 21.9 Å². The second kappa shape index (κ2) is 5.55. The zero-order valence-corrected chi connectivity index (χ0v) is 12.0. The van der Waals surface area contributed by atoms with Gasteiger partial charge in [0.2, 0.25) is 5.91 Å². The van der Waals surface area contributed by atoms with Gasteiger partial charge < -0.3 is 10.6 Å². The molecule has 1 atom stereocenters. The predicted octanol–water partition coefficient (Wildman–Crippen LogP) is 4.05. The lowest BCUT2D eigenvalue weighted by atomic mass is 10.1. The Balaban J connectivity index is 0.00000161. The number of hydroxylamine groups is 2. The zero-order chi connectivity index (χ0) is 14.3. The molecule has 0 aliphatic carbocycles. The highest BCUT2D eigenvalue weighted by atomic mass is 16.5. The monoisotopic (exact) mass is 286 g/mol. The molecule has 1 aromatic heterocycles. The van der Waals surface area contributed by atoms with Gasteiger partial charge in [0.25, 0.3) is 0 Å². The topological polar surface area (TPSA) is 88.7 Å². The highest BCUT2D eigenvalue weighted by molar-refractivity contribution is 6.04. The maximum absolute atomic E-state index is 11.2. The molecule has 0 bridgehead atoms. The van der Waals surface area contributed by atoms with Crippen LogP contribution in [0, 0.1) is 0 Å². The van der Waals surface area contributed by atoms with Crippen LogP contribution in [0.3, 0.4) is 0 Å². The number of para-hydroxylation sites is 1. The third kappa shape index (κ3) is 2.49. The summed E-state index contributed by atoms with van der Waals surface area (Å²) < 4.78 is 5.80. The number of carbonyl (C=O) groups is 1. The minimum absolute atomic E-state index is 0. The molecule has 0 aliphatic rings. The van der Waals surface area contributed by atoms with Crippen molar-refractivity contribution >= 4 is 27.8 Å². The maximum Gasteiger partial charge on any atom is 0.243 e. The van der Waals surface area contributed by atoms with E-state index in [4.69, 9.17) is 4.42 Å². The molecule has 3 aromatic rings. The Morgan fingerprint density at radius 3 is 2.52 bits per heavy atom. The third-order valence-electron chi connectivity index (χ3n) is 3.57. The van der Waals surface area contributed by atoms with E-state index >= 15 is 0 Å². The average Bonchev–Trinajstić information content (AvgIpc) is 2.83. The van der Waals surface area contributed by atoms with Crippen molar-refractivity contribution in [1.82, 2.24) is 11.2 Å². The van der Waals surface area contributed by atoms with E-state index in [-0.39, 0.29) is 12.1 Å². The van der Waals surface area contributed by atoms with E-state index in [0.29, 0.717) is 0 Å². The first-order valence-electron chi connectivity index (χ1n) is 6.48. The number of fused-ring (bicyclic) bond motifs is 3. The van der Waals surface area contributed by atoms with Gasteiger partial charge >= 0.3 is 0 Å².